The normalized spacial score (nSPS) is 32.4. The molecule has 0 aromatic heterocycles. The molecule has 0 spiro atoms. The average Bonchev–Trinajstić information content (AvgIpc) is 2.27. The van der Waals surface area contributed by atoms with Crippen molar-refractivity contribution in [2.45, 2.75) is 38.1 Å². The molecule has 2 atom stereocenters. The summed E-state index contributed by atoms with van der Waals surface area (Å²) in [6.07, 6.45) is 6.08. The van der Waals surface area contributed by atoms with Crippen LogP contribution in [-0.4, -0.2) is 13.1 Å². The monoisotopic (exact) mass is 152 g/mol. The molecule has 2 unspecified atom stereocenters. The van der Waals surface area contributed by atoms with Crippen LogP contribution in [0.4, 0.5) is 0 Å². The molecule has 1 N–H and O–H groups in total. The van der Waals surface area contributed by atoms with Crippen LogP contribution >= 0.6 is 0 Å². The van der Waals surface area contributed by atoms with E-state index in [0.29, 0.717) is 6.04 Å². The van der Waals surface area contributed by atoms with Gasteiger partial charge < -0.3 is 5.32 Å². The van der Waals surface area contributed by atoms with Gasteiger partial charge in [-0.15, -0.1) is 0 Å². The molecule has 1 rings (SSSR count). The fourth-order valence-electron chi connectivity index (χ4n) is 1.81. The zero-order valence-corrected chi connectivity index (χ0v) is 7.14. The van der Waals surface area contributed by atoms with Crippen LogP contribution in [0.2, 0.25) is 0 Å². The van der Waals surface area contributed by atoms with Crippen LogP contribution in [0.3, 0.4) is 0 Å². The van der Waals surface area contributed by atoms with Crippen molar-refractivity contribution in [1.29, 1.82) is 5.26 Å². The van der Waals surface area contributed by atoms with Crippen molar-refractivity contribution in [3.8, 4) is 6.07 Å². The van der Waals surface area contributed by atoms with E-state index in [-0.39, 0.29) is 5.92 Å². The molecule has 2 heteroatoms. The Balaban J connectivity index is 2.49. The van der Waals surface area contributed by atoms with E-state index in [9.17, 15) is 0 Å². The average molecular weight is 152 g/mol. The van der Waals surface area contributed by atoms with E-state index in [4.69, 9.17) is 5.26 Å². The van der Waals surface area contributed by atoms with Crippen LogP contribution < -0.4 is 5.32 Å². The van der Waals surface area contributed by atoms with E-state index in [1.807, 2.05) is 7.05 Å². The van der Waals surface area contributed by atoms with Crippen molar-refractivity contribution in [2.24, 2.45) is 5.92 Å². The van der Waals surface area contributed by atoms with Gasteiger partial charge in [0.1, 0.15) is 0 Å². The van der Waals surface area contributed by atoms with Gasteiger partial charge >= 0.3 is 0 Å². The Morgan fingerprint density at radius 2 is 2.00 bits per heavy atom. The smallest absolute Gasteiger partial charge is 0.0672 e. The van der Waals surface area contributed by atoms with Crippen LogP contribution in [-0.2, 0) is 0 Å². The van der Waals surface area contributed by atoms with E-state index in [2.05, 4.69) is 11.4 Å². The second-order valence-corrected chi connectivity index (χ2v) is 3.27. The molecule has 0 amide bonds. The van der Waals surface area contributed by atoms with Gasteiger partial charge in [0.15, 0.2) is 0 Å². The minimum Gasteiger partial charge on any atom is -0.316 e. The number of nitrogens with zero attached hydrogens (tertiary/aromatic N) is 1. The summed E-state index contributed by atoms with van der Waals surface area (Å²) in [5.74, 6) is 0.252. The highest BCUT2D eigenvalue weighted by Gasteiger charge is 2.21. The number of rotatable bonds is 1. The second-order valence-electron chi connectivity index (χ2n) is 3.27. The summed E-state index contributed by atoms with van der Waals surface area (Å²) in [6, 6.07) is 2.83. The van der Waals surface area contributed by atoms with Crippen LogP contribution in [0, 0.1) is 17.2 Å². The number of nitriles is 1. The van der Waals surface area contributed by atoms with Crippen LogP contribution in [0.1, 0.15) is 32.1 Å². The van der Waals surface area contributed by atoms with Gasteiger partial charge in [0.25, 0.3) is 0 Å². The first kappa shape index (κ1) is 8.55. The zero-order chi connectivity index (χ0) is 8.10. The Kier molecular flexibility index (Phi) is 3.38. The lowest BCUT2D eigenvalue weighted by atomic mass is 9.97. The van der Waals surface area contributed by atoms with Gasteiger partial charge in [0.2, 0.25) is 0 Å². The summed E-state index contributed by atoms with van der Waals surface area (Å²) >= 11 is 0. The van der Waals surface area contributed by atoms with Crippen molar-refractivity contribution in [1.82, 2.24) is 5.32 Å². The molecule has 0 heterocycles. The molecular weight excluding hydrogens is 136 g/mol. The quantitative estimate of drug-likeness (QED) is 0.580. The fraction of sp³-hybridized carbons (Fsp3) is 0.889. The maximum atomic E-state index is 8.83. The molecule has 1 aliphatic rings. The molecule has 11 heavy (non-hydrogen) atoms. The van der Waals surface area contributed by atoms with Crippen molar-refractivity contribution in [3.63, 3.8) is 0 Å². The molecule has 0 radical (unpaired) electrons. The summed E-state index contributed by atoms with van der Waals surface area (Å²) in [6.45, 7) is 0. The summed E-state index contributed by atoms with van der Waals surface area (Å²) < 4.78 is 0. The van der Waals surface area contributed by atoms with E-state index >= 15 is 0 Å². The van der Waals surface area contributed by atoms with Gasteiger partial charge in [-0.2, -0.15) is 5.26 Å². The lowest BCUT2D eigenvalue weighted by Gasteiger charge is -2.17. The van der Waals surface area contributed by atoms with Crippen molar-refractivity contribution >= 4 is 0 Å². The predicted octanol–water partition coefficient (Wildman–Crippen LogP) is 1.68. The van der Waals surface area contributed by atoms with E-state index in [1.165, 1.54) is 25.7 Å². The number of hydrogen-bond acceptors (Lipinski definition) is 2. The first-order chi connectivity index (χ1) is 5.38. The molecule has 2 nitrogen and oxygen atoms in total. The van der Waals surface area contributed by atoms with E-state index < -0.39 is 0 Å². The van der Waals surface area contributed by atoms with Crippen LogP contribution in [0.25, 0.3) is 0 Å². The molecule has 1 fully saturated rings. The van der Waals surface area contributed by atoms with E-state index in [1.54, 1.807) is 0 Å². The molecule has 0 saturated heterocycles. The standard InChI is InChI=1S/C9H16N2/c1-11-9-6-4-2-3-5-8(9)7-10/h8-9,11H,2-6H2,1H3. The SMILES string of the molecule is CNC1CCCCCC1C#N. The minimum absolute atomic E-state index is 0.252. The first-order valence-corrected chi connectivity index (χ1v) is 4.45. The van der Waals surface area contributed by atoms with Gasteiger partial charge in [-0.3, -0.25) is 0 Å². The molecule has 0 bridgehead atoms. The largest absolute Gasteiger partial charge is 0.316 e. The maximum Gasteiger partial charge on any atom is 0.0672 e. The third kappa shape index (κ3) is 2.20. The summed E-state index contributed by atoms with van der Waals surface area (Å²) in [4.78, 5) is 0. The van der Waals surface area contributed by atoms with Crippen LogP contribution in [0.15, 0.2) is 0 Å². The topological polar surface area (TPSA) is 35.8 Å². The third-order valence-corrected chi connectivity index (χ3v) is 2.55. The van der Waals surface area contributed by atoms with Crippen molar-refractivity contribution in [2.75, 3.05) is 7.05 Å². The lowest BCUT2D eigenvalue weighted by Crippen LogP contribution is -2.31. The molecular formula is C9H16N2. The Labute approximate surface area is 68.6 Å². The van der Waals surface area contributed by atoms with Gasteiger partial charge in [-0.1, -0.05) is 19.3 Å². The van der Waals surface area contributed by atoms with Gasteiger partial charge in [0, 0.05) is 6.04 Å². The highest BCUT2D eigenvalue weighted by molar-refractivity contribution is 4.92. The second kappa shape index (κ2) is 4.35. The van der Waals surface area contributed by atoms with Gasteiger partial charge in [-0.05, 0) is 19.9 Å². The lowest BCUT2D eigenvalue weighted by molar-refractivity contribution is 0.422. The fourth-order valence-corrected chi connectivity index (χ4v) is 1.81. The molecule has 0 aromatic rings. The Morgan fingerprint density at radius 1 is 1.27 bits per heavy atom. The highest BCUT2D eigenvalue weighted by atomic mass is 14.9. The number of hydrogen-bond donors (Lipinski definition) is 1. The van der Waals surface area contributed by atoms with Crippen molar-refractivity contribution in [3.05, 3.63) is 0 Å². The Hall–Kier alpha value is -0.550. The van der Waals surface area contributed by atoms with Gasteiger partial charge in [-0.25, -0.2) is 0 Å². The summed E-state index contributed by atoms with van der Waals surface area (Å²) in [5.41, 5.74) is 0. The van der Waals surface area contributed by atoms with Crippen LogP contribution in [0.5, 0.6) is 0 Å². The summed E-state index contributed by atoms with van der Waals surface area (Å²) in [5, 5.41) is 12.0. The summed E-state index contributed by atoms with van der Waals surface area (Å²) in [7, 11) is 1.96. The molecule has 1 aliphatic carbocycles. The maximum absolute atomic E-state index is 8.83. The predicted molar refractivity (Wildman–Crippen MR) is 45.0 cm³/mol. The first-order valence-electron chi connectivity index (χ1n) is 4.45. The van der Waals surface area contributed by atoms with Gasteiger partial charge in [0.05, 0.1) is 12.0 Å². The number of nitrogens with one attached hydrogen (secondary N) is 1. The zero-order valence-electron chi connectivity index (χ0n) is 7.14. The molecule has 1 saturated carbocycles. The van der Waals surface area contributed by atoms with E-state index in [0.717, 1.165) is 6.42 Å². The Morgan fingerprint density at radius 3 is 2.64 bits per heavy atom. The molecule has 62 valence electrons. The third-order valence-electron chi connectivity index (χ3n) is 2.55. The molecule has 0 aromatic carbocycles. The molecule has 0 aliphatic heterocycles. The van der Waals surface area contributed by atoms with Crippen molar-refractivity contribution < 1.29 is 0 Å². The minimum atomic E-state index is 0.252. The Bertz CT molecular complexity index is 148. The highest BCUT2D eigenvalue weighted by Crippen LogP contribution is 2.22.